The van der Waals surface area contributed by atoms with Gasteiger partial charge in [-0.3, -0.25) is 57.5 Å². The number of hydrogen-bond acceptors (Lipinski definition) is 14. The number of hydrogen-bond donors (Lipinski definition) is 14. The number of nitrogens with two attached hydrogens (primary N) is 3. The van der Waals surface area contributed by atoms with Crippen LogP contribution in [0.3, 0.4) is 0 Å². The van der Waals surface area contributed by atoms with E-state index in [1.54, 1.807) is 109 Å². The quantitative estimate of drug-likeness (QED) is 0.0522. The first-order valence-electron chi connectivity index (χ1n) is 32.4. The average molecular weight is 1320 g/mol. The van der Waals surface area contributed by atoms with Gasteiger partial charge in [-0.05, 0) is 98.8 Å². The van der Waals surface area contributed by atoms with Crippen LogP contribution in [-0.4, -0.2) is 182 Å². The molecule has 508 valence electrons. The summed E-state index contributed by atoms with van der Waals surface area (Å²) in [5.74, 6) is -11.4. The van der Waals surface area contributed by atoms with Crippen molar-refractivity contribution in [3.8, 4) is 0 Å². The zero-order valence-electron chi connectivity index (χ0n) is 53.0. The van der Waals surface area contributed by atoms with Crippen LogP contribution in [0.2, 0.25) is 0 Å². The second kappa shape index (κ2) is 33.1. The number of primary amides is 1. The van der Waals surface area contributed by atoms with Crippen LogP contribution in [0.1, 0.15) is 86.5 Å². The summed E-state index contributed by atoms with van der Waals surface area (Å²) >= 11 is 0. The van der Waals surface area contributed by atoms with Crippen molar-refractivity contribution in [1.82, 2.24) is 62.3 Å². The molecule has 0 saturated carbocycles. The molecule has 5 heterocycles. The lowest BCUT2D eigenvalue weighted by atomic mass is 10.0. The van der Waals surface area contributed by atoms with Gasteiger partial charge in [-0.25, -0.2) is 0 Å². The highest BCUT2D eigenvalue weighted by Gasteiger charge is 2.43. The molecule has 0 spiro atoms. The molecule has 96 heavy (non-hydrogen) atoms. The van der Waals surface area contributed by atoms with E-state index < -0.39 is 144 Å². The van der Waals surface area contributed by atoms with Crippen LogP contribution in [0.15, 0.2) is 122 Å². The highest BCUT2D eigenvalue weighted by molar-refractivity contribution is 6.01. The van der Waals surface area contributed by atoms with Crippen LogP contribution in [0, 0.1) is 0 Å². The Morgan fingerprint density at radius 3 is 1.16 bits per heavy atom. The molecule has 3 aliphatic heterocycles. The zero-order valence-corrected chi connectivity index (χ0v) is 53.0. The van der Waals surface area contributed by atoms with Gasteiger partial charge in [0.1, 0.15) is 60.4 Å². The summed E-state index contributed by atoms with van der Waals surface area (Å²) in [5, 5.41) is 33.2. The van der Waals surface area contributed by atoms with Crippen molar-refractivity contribution in [2.45, 2.75) is 150 Å². The topological polar surface area (TPSA) is 437 Å². The Morgan fingerprint density at radius 1 is 0.417 bits per heavy atom. The highest BCUT2D eigenvalue weighted by Crippen LogP contribution is 2.25. The number of H-pyrrole nitrogens is 2. The number of aliphatic carboxylic acids is 1. The first kappa shape index (κ1) is 69.9. The Kier molecular flexibility index (Phi) is 24.1. The number of nitrogens with one attached hydrogen (secondary N) is 10. The van der Waals surface area contributed by atoms with E-state index in [1.165, 1.54) is 9.80 Å². The van der Waals surface area contributed by atoms with E-state index in [0.717, 1.165) is 0 Å². The molecule has 0 bridgehead atoms. The molecule has 0 aliphatic carbocycles. The highest BCUT2D eigenvalue weighted by atomic mass is 16.4. The second-order valence-corrected chi connectivity index (χ2v) is 24.5. The fourth-order valence-corrected chi connectivity index (χ4v) is 12.7. The Bertz CT molecular complexity index is 3560. The number of carbonyl (C=O) groups is 12. The van der Waals surface area contributed by atoms with Crippen LogP contribution in [0.5, 0.6) is 0 Å². The first-order chi connectivity index (χ1) is 46.3. The van der Waals surface area contributed by atoms with E-state index in [0.29, 0.717) is 44.1 Å². The molecule has 3 saturated heterocycles. The third-order valence-electron chi connectivity index (χ3n) is 17.6. The van der Waals surface area contributed by atoms with Crippen molar-refractivity contribution >= 4 is 92.8 Å². The fraction of sp³-hybridized carbons (Fsp3) is 0.412. The number of aromatic nitrogens is 2. The van der Waals surface area contributed by atoms with Gasteiger partial charge in [0, 0.05) is 73.0 Å². The number of aromatic amines is 2. The molecule has 0 radical (unpaired) electrons. The van der Waals surface area contributed by atoms with E-state index in [2.05, 4.69) is 52.5 Å². The molecule has 4 aromatic carbocycles. The molecule has 2 aromatic heterocycles. The molecule has 28 heteroatoms. The smallest absolute Gasteiger partial charge is 0.305 e. The van der Waals surface area contributed by atoms with Gasteiger partial charge in [-0.15, -0.1) is 0 Å². The minimum atomic E-state index is -1.84. The molecule has 3 fully saturated rings. The monoisotopic (exact) mass is 1320 g/mol. The Labute approximate surface area is 553 Å². The number of carboxylic acid groups (broad SMARTS) is 1. The molecule has 9 rings (SSSR count). The van der Waals surface area contributed by atoms with E-state index in [9.17, 15) is 43.5 Å². The van der Waals surface area contributed by atoms with Crippen molar-refractivity contribution in [3.05, 3.63) is 144 Å². The number of carboxylic acids is 1. The zero-order chi connectivity index (χ0) is 68.4. The summed E-state index contributed by atoms with van der Waals surface area (Å²) in [4.78, 5) is 183. The van der Waals surface area contributed by atoms with Crippen LogP contribution in [0.4, 0.5) is 0 Å². The summed E-state index contributed by atoms with van der Waals surface area (Å²) in [7, 11) is 0. The predicted molar refractivity (Wildman–Crippen MR) is 352 cm³/mol. The average Bonchev–Trinajstić information content (AvgIpc) is 1.56. The van der Waals surface area contributed by atoms with E-state index >= 15 is 19.2 Å². The third kappa shape index (κ3) is 18.0. The van der Waals surface area contributed by atoms with Gasteiger partial charge in [-0.1, -0.05) is 97.1 Å². The van der Waals surface area contributed by atoms with Gasteiger partial charge in [0.15, 0.2) is 0 Å². The second-order valence-electron chi connectivity index (χ2n) is 24.5. The number of amides is 11. The molecular formula is C68H83N15O13. The van der Waals surface area contributed by atoms with Crippen LogP contribution < -0.4 is 59.7 Å². The van der Waals surface area contributed by atoms with Crippen LogP contribution in [-0.2, 0) is 83.2 Å². The van der Waals surface area contributed by atoms with Gasteiger partial charge in [0.25, 0.3) is 0 Å². The van der Waals surface area contributed by atoms with Gasteiger partial charge in [-0.2, -0.15) is 0 Å². The maximum atomic E-state index is 15.2. The number of nitrogens with zero attached hydrogens (tertiary/aromatic N) is 2. The fourth-order valence-electron chi connectivity index (χ4n) is 12.7. The van der Waals surface area contributed by atoms with Crippen molar-refractivity contribution in [1.29, 1.82) is 0 Å². The summed E-state index contributed by atoms with van der Waals surface area (Å²) in [6, 6.07) is 16.7. The molecule has 11 amide bonds. The number of carbonyl (C=O) groups excluding carboxylic acids is 11. The Morgan fingerprint density at radius 2 is 0.760 bits per heavy atom. The molecule has 17 N–H and O–H groups in total. The lowest BCUT2D eigenvalue weighted by Crippen LogP contribution is -2.62. The Hall–Kier alpha value is -10.5. The van der Waals surface area contributed by atoms with Gasteiger partial charge in [0.2, 0.25) is 65.0 Å². The van der Waals surface area contributed by atoms with Gasteiger partial charge >= 0.3 is 5.97 Å². The first-order valence-corrected chi connectivity index (χ1v) is 32.4. The normalized spacial score (nSPS) is 24.1. The maximum absolute atomic E-state index is 15.2. The minimum absolute atomic E-state index is 0.000811. The third-order valence-corrected chi connectivity index (χ3v) is 17.6. The van der Waals surface area contributed by atoms with Crippen LogP contribution in [0.25, 0.3) is 21.8 Å². The summed E-state index contributed by atoms with van der Waals surface area (Å²) < 4.78 is 0. The number of benzene rings is 4. The molecule has 28 nitrogen and oxygen atoms in total. The van der Waals surface area contributed by atoms with E-state index in [-0.39, 0.29) is 103 Å². The number of rotatable bonds is 18. The van der Waals surface area contributed by atoms with Crippen LogP contribution >= 0.6 is 0 Å². The molecule has 0 unspecified atom stereocenters. The Balaban J connectivity index is 1.11. The molecule has 10 atom stereocenters. The number of fused-ring (bicyclic) bond motifs is 4. The SMILES string of the molecule is NCCC[C@@H]1NC(=O)[C@H](CC(=O)O)NC(=O)[C@@H]2CCCN2C(=O)[C@@H](Cc2ccccc2)NC(=O)[C@H](Cc2c[nH]c3ccccc23)NC(=O)[C@H](CCCN)NC(=O)[C@H](CC(N)=O)NC(=O)[C@@H]2CCCN2C(=O)[C@@H](Cc2ccccc2)NC(=O)[C@H](Cc2c[nH]c3ccccc23)NC1=O. The summed E-state index contributed by atoms with van der Waals surface area (Å²) in [6.45, 7) is 0.0515. The maximum Gasteiger partial charge on any atom is 0.305 e. The van der Waals surface area contributed by atoms with Gasteiger partial charge in [0.05, 0.1) is 12.8 Å². The standard InChI is InChI=1S/C68H83N15O13/c69-27-11-23-47-59(87)76-49(33-41-37-72-45-21-9-7-19-43(41)45)61(89)81-54(32-40-17-5-2-6-18-40)68(96)83-30-14-26-56(83)66(94)79-52(36-58(85)86)64(92)75-48(24-12-28-70)60(88)77-50(34-42-38-73-46-22-10-8-20-44(42)46)62(90)80-53(31-39-15-3-1-4-16-39)67(95)82-29-13-25-55(82)65(93)78-51(35-57(71)84)63(91)74-47/h1-10,15-22,37-38,47-56,72-73H,11-14,23-36,69-70H2,(H2,71,84)(H,74,91)(H,75,92)(H,76,87)(H,77,88)(H,78,93)(H,79,94)(H,80,90)(H,81,89)(H,85,86)/t47-,48-,49-,50-,51-,52-,53+,54+,55-,56-/m0/s1. The van der Waals surface area contributed by atoms with Crippen molar-refractivity contribution in [3.63, 3.8) is 0 Å². The van der Waals surface area contributed by atoms with Crippen molar-refractivity contribution in [2.24, 2.45) is 17.2 Å². The van der Waals surface area contributed by atoms with Crippen molar-refractivity contribution in [2.75, 3.05) is 26.2 Å². The lowest BCUT2D eigenvalue weighted by molar-refractivity contribution is -0.144. The molecule has 6 aromatic rings. The summed E-state index contributed by atoms with van der Waals surface area (Å²) in [6.07, 6.45) is 1.63. The largest absolute Gasteiger partial charge is 0.481 e. The molecule has 3 aliphatic rings. The van der Waals surface area contributed by atoms with E-state index in [1.807, 2.05) is 12.1 Å². The predicted octanol–water partition coefficient (Wildman–Crippen LogP) is -0.378. The van der Waals surface area contributed by atoms with E-state index in [4.69, 9.17) is 17.2 Å². The summed E-state index contributed by atoms with van der Waals surface area (Å²) in [5.41, 5.74) is 21.3. The van der Waals surface area contributed by atoms with Crippen molar-refractivity contribution < 1.29 is 62.6 Å². The number of para-hydroxylation sites is 2. The minimum Gasteiger partial charge on any atom is -0.481 e. The lowest BCUT2D eigenvalue weighted by Gasteiger charge is -2.32. The molecular weight excluding hydrogens is 1230 g/mol. The van der Waals surface area contributed by atoms with Gasteiger partial charge < -0.3 is 84.6 Å².